The van der Waals surface area contributed by atoms with Crippen LogP contribution >= 0.6 is 0 Å². The summed E-state index contributed by atoms with van der Waals surface area (Å²) in [5.74, 6) is 1.25. The minimum Gasteiger partial charge on any atom is -0.469 e. The fourth-order valence-electron chi connectivity index (χ4n) is 2.07. The summed E-state index contributed by atoms with van der Waals surface area (Å²) in [5, 5.41) is 2.78. The minimum atomic E-state index is -2.86. The van der Waals surface area contributed by atoms with E-state index in [4.69, 9.17) is 4.42 Å². The maximum absolute atomic E-state index is 11.6. The van der Waals surface area contributed by atoms with Gasteiger partial charge in [-0.2, -0.15) is 0 Å². The van der Waals surface area contributed by atoms with Crippen molar-refractivity contribution >= 4 is 15.7 Å². The quantitative estimate of drug-likeness (QED) is 0.858. The number of furan rings is 1. The maximum Gasteiger partial charge on any atom is 0.220 e. The zero-order chi connectivity index (χ0) is 13.0. The van der Waals surface area contributed by atoms with Crippen molar-refractivity contribution in [3.8, 4) is 0 Å². The third-order valence-corrected chi connectivity index (χ3v) is 4.93. The smallest absolute Gasteiger partial charge is 0.220 e. The highest BCUT2D eigenvalue weighted by Gasteiger charge is 2.27. The summed E-state index contributed by atoms with van der Waals surface area (Å²) in [5.41, 5.74) is 0. The number of hydrogen-bond acceptors (Lipinski definition) is 4. The van der Waals surface area contributed by atoms with E-state index in [1.807, 2.05) is 6.07 Å². The molecule has 6 heteroatoms. The van der Waals surface area contributed by atoms with E-state index in [-0.39, 0.29) is 23.3 Å². The van der Waals surface area contributed by atoms with Gasteiger partial charge < -0.3 is 9.73 Å². The van der Waals surface area contributed by atoms with E-state index in [9.17, 15) is 13.2 Å². The van der Waals surface area contributed by atoms with E-state index in [0.717, 1.165) is 5.76 Å². The lowest BCUT2D eigenvalue weighted by atomic mass is 10.1. The molecule has 1 saturated heterocycles. The first-order valence-corrected chi connectivity index (χ1v) is 7.87. The van der Waals surface area contributed by atoms with Crippen LogP contribution in [0.5, 0.6) is 0 Å². The Morgan fingerprint density at radius 1 is 1.50 bits per heavy atom. The van der Waals surface area contributed by atoms with Crippen molar-refractivity contribution in [2.75, 3.05) is 18.1 Å². The normalized spacial score (nSPS) is 21.9. The number of nitrogens with one attached hydrogen (secondary N) is 1. The van der Waals surface area contributed by atoms with Gasteiger partial charge in [-0.3, -0.25) is 4.79 Å². The van der Waals surface area contributed by atoms with Crippen LogP contribution < -0.4 is 5.32 Å². The van der Waals surface area contributed by atoms with Crippen LogP contribution in [0.4, 0.5) is 0 Å². The lowest BCUT2D eigenvalue weighted by Gasteiger charge is -2.09. The molecule has 2 heterocycles. The molecule has 0 spiro atoms. The van der Waals surface area contributed by atoms with E-state index < -0.39 is 9.84 Å². The monoisotopic (exact) mass is 271 g/mol. The Balaban J connectivity index is 1.66. The van der Waals surface area contributed by atoms with Crippen molar-refractivity contribution in [3.63, 3.8) is 0 Å². The average molecular weight is 271 g/mol. The highest BCUT2D eigenvalue weighted by molar-refractivity contribution is 7.91. The van der Waals surface area contributed by atoms with Crippen LogP contribution in [-0.2, 0) is 21.1 Å². The van der Waals surface area contributed by atoms with Crippen LogP contribution in [0.1, 0.15) is 18.6 Å². The van der Waals surface area contributed by atoms with Gasteiger partial charge in [0.15, 0.2) is 9.84 Å². The van der Waals surface area contributed by atoms with Gasteiger partial charge >= 0.3 is 0 Å². The molecule has 1 aromatic heterocycles. The number of carbonyl (C=O) groups excluding carboxylic acids is 1. The molecule has 0 aromatic carbocycles. The fourth-order valence-corrected chi connectivity index (χ4v) is 3.93. The van der Waals surface area contributed by atoms with Gasteiger partial charge in [0, 0.05) is 19.4 Å². The van der Waals surface area contributed by atoms with E-state index in [1.54, 1.807) is 12.3 Å². The van der Waals surface area contributed by atoms with Crippen LogP contribution in [0.3, 0.4) is 0 Å². The second kappa shape index (κ2) is 5.56. The summed E-state index contributed by atoms with van der Waals surface area (Å²) in [6.45, 7) is 0.455. The Morgan fingerprint density at radius 3 is 2.94 bits per heavy atom. The van der Waals surface area contributed by atoms with E-state index in [2.05, 4.69) is 5.32 Å². The summed E-state index contributed by atoms with van der Waals surface area (Å²) in [4.78, 5) is 11.6. The molecule has 0 bridgehead atoms. The molecule has 0 aliphatic carbocycles. The van der Waals surface area contributed by atoms with Crippen molar-refractivity contribution in [1.29, 1.82) is 0 Å². The largest absolute Gasteiger partial charge is 0.469 e. The highest BCUT2D eigenvalue weighted by Crippen LogP contribution is 2.17. The molecule has 2 rings (SSSR count). The first-order valence-electron chi connectivity index (χ1n) is 6.05. The van der Waals surface area contributed by atoms with E-state index >= 15 is 0 Å². The first-order chi connectivity index (χ1) is 8.55. The molecule has 0 unspecified atom stereocenters. The number of aryl methyl sites for hydroxylation is 1. The van der Waals surface area contributed by atoms with Crippen LogP contribution in [0.25, 0.3) is 0 Å². The van der Waals surface area contributed by atoms with Crippen LogP contribution in [0, 0.1) is 5.92 Å². The molecule has 100 valence electrons. The first kappa shape index (κ1) is 13.1. The van der Waals surface area contributed by atoms with Gasteiger partial charge in [0.05, 0.1) is 17.8 Å². The zero-order valence-electron chi connectivity index (χ0n) is 10.1. The Morgan fingerprint density at radius 2 is 2.33 bits per heavy atom. The standard InChI is InChI=1S/C12H17NO4S/c14-12(4-3-11-2-1-6-17-11)13-8-10-5-7-18(15,16)9-10/h1-2,6,10H,3-5,7-9H2,(H,13,14)/t10-/m0/s1. The molecule has 1 amide bonds. The molecule has 18 heavy (non-hydrogen) atoms. The second-order valence-electron chi connectivity index (χ2n) is 4.65. The molecule has 5 nitrogen and oxygen atoms in total. The molecule has 0 saturated carbocycles. The molecule has 1 atom stereocenters. The third-order valence-electron chi connectivity index (χ3n) is 3.09. The van der Waals surface area contributed by atoms with Gasteiger partial charge in [-0.1, -0.05) is 0 Å². The molecule has 1 aliphatic heterocycles. The Bertz CT molecular complexity index is 492. The number of sulfone groups is 1. The van der Waals surface area contributed by atoms with Crippen LogP contribution in [0.15, 0.2) is 22.8 Å². The molecule has 0 radical (unpaired) electrons. The maximum atomic E-state index is 11.6. The molecule has 1 aliphatic rings. The van der Waals surface area contributed by atoms with Crippen molar-refractivity contribution < 1.29 is 17.6 Å². The van der Waals surface area contributed by atoms with Crippen molar-refractivity contribution in [1.82, 2.24) is 5.32 Å². The van der Waals surface area contributed by atoms with Gasteiger partial charge in [-0.15, -0.1) is 0 Å². The second-order valence-corrected chi connectivity index (χ2v) is 6.88. The highest BCUT2D eigenvalue weighted by atomic mass is 32.2. The topological polar surface area (TPSA) is 76.4 Å². The minimum absolute atomic E-state index is 0.0595. The summed E-state index contributed by atoms with van der Waals surface area (Å²) in [6.07, 6.45) is 3.17. The SMILES string of the molecule is O=C(CCc1ccco1)NC[C@@H]1CCS(=O)(=O)C1. The Hall–Kier alpha value is -1.30. The summed E-state index contributed by atoms with van der Waals surface area (Å²) in [7, 11) is -2.86. The van der Waals surface area contributed by atoms with Gasteiger partial charge in [-0.05, 0) is 24.5 Å². The number of rotatable bonds is 5. The van der Waals surface area contributed by atoms with Crippen LogP contribution in [-0.4, -0.2) is 32.4 Å². The molecule has 1 N–H and O–H groups in total. The van der Waals surface area contributed by atoms with Crippen molar-refractivity contribution in [2.24, 2.45) is 5.92 Å². The predicted octanol–water partition coefficient (Wildman–Crippen LogP) is 0.763. The van der Waals surface area contributed by atoms with Gasteiger partial charge in [0.1, 0.15) is 5.76 Å². The molecule has 1 fully saturated rings. The molecule has 1 aromatic rings. The summed E-state index contributed by atoms with van der Waals surface area (Å²) >= 11 is 0. The number of hydrogen-bond donors (Lipinski definition) is 1. The summed E-state index contributed by atoms with van der Waals surface area (Å²) < 4.78 is 27.6. The number of amides is 1. The Labute approximate surface area is 106 Å². The number of carbonyl (C=O) groups is 1. The molecular formula is C12H17NO4S. The lowest BCUT2D eigenvalue weighted by molar-refractivity contribution is -0.121. The average Bonchev–Trinajstić information content (AvgIpc) is 2.93. The third kappa shape index (κ3) is 3.87. The van der Waals surface area contributed by atoms with Gasteiger partial charge in [0.2, 0.25) is 5.91 Å². The summed E-state index contributed by atoms with van der Waals surface area (Å²) in [6, 6.07) is 3.62. The van der Waals surface area contributed by atoms with E-state index in [1.165, 1.54) is 0 Å². The van der Waals surface area contributed by atoms with Crippen molar-refractivity contribution in [2.45, 2.75) is 19.3 Å². The van der Waals surface area contributed by atoms with Crippen molar-refractivity contribution in [3.05, 3.63) is 24.2 Å². The van der Waals surface area contributed by atoms with E-state index in [0.29, 0.717) is 25.8 Å². The Kier molecular flexibility index (Phi) is 4.06. The lowest BCUT2D eigenvalue weighted by Crippen LogP contribution is -2.29. The van der Waals surface area contributed by atoms with Crippen LogP contribution in [0.2, 0.25) is 0 Å². The predicted molar refractivity (Wildman–Crippen MR) is 66.8 cm³/mol. The zero-order valence-corrected chi connectivity index (χ0v) is 10.9. The van der Waals surface area contributed by atoms with Gasteiger partial charge in [0.25, 0.3) is 0 Å². The van der Waals surface area contributed by atoms with Gasteiger partial charge in [-0.25, -0.2) is 8.42 Å². The fraction of sp³-hybridized carbons (Fsp3) is 0.583. The molecular weight excluding hydrogens is 254 g/mol.